The standard InChI is InChI=1S/C15H15BrClFN2O/c1-8(2)21-15-7-14(13(19)6-12(15)18)20-9-3-4-10(16)11(17)5-9/h3-8,20H,19H2,1-2H3. The summed E-state index contributed by atoms with van der Waals surface area (Å²) in [4.78, 5) is 0. The van der Waals surface area contributed by atoms with E-state index in [1.807, 2.05) is 26.0 Å². The Hall–Kier alpha value is -1.46. The lowest BCUT2D eigenvalue weighted by Crippen LogP contribution is -2.08. The molecule has 112 valence electrons. The number of hydrogen-bond donors (Lipinski definition) is 2. The maximum absolute atomic E-state index is 13.8. The van der Waals surface area contributed by atoms with Gasteiger partial charge in [-0.2, -0.15) is 0 Å². The second kappa shape index (κ2) is 6.54. The highest BCUT2D eigenvalue weighted by Crippen LogP contribution is 2.33. The Morgan fingerprint density at radius 1 is 1.29 bits per heavy atom. The Labute approximate surface area is 136 Å². The average Bonchev–Trinajstić information content (AvgIpc) is 2.39. The first-order valence-electron chi connectivity index (χ1n) is 6.34. The van der Waals surface area contributed by atoms with Crippen molar-refractivity contribution in [3.8, 4) is 5.75 Å². The molecular formula is C15H15BrClFN2O. The lowest BCUT2D eigenvalue weighted by atomic mass is 10.2. The smallest absolute Gasteiger partial charge is 0.167 e. The summed E-state index contributed by atoms with van der Waals surface area (Å²) in [7, 11) is 0. The van der Waals surface area contributed by atoms with Crippen LogP contribution in [0.4, 0.5) is 21.5 Å². The van der Waals surface area contributed by atoms with Crippen LogP contribution in [0.1, 0.15) is 13.8 Å². The third-order valence-corrected chi connectivity index (χ3v) is 3.90. The molecule has 3 nitrogen and oxygen atoms in total. The zero-order chi connectivity index (χ0) is 15.6. The van der Waals surface area contributed by atoms with Gasteiger partial charge in [-0.15, -0.1) is 0 Å². The van der Waals surface area contributed by atoms with Crippen LogP contribution in [-0.2, 0) is 0 Å². The van der Waals surface area contributed by atoms with Crippen molar-refractivity contribution in [1.29, 1.82) is 0 Å². The summed E-state index contributed by atoms with van der Waals surface area (Å²) < 4.78 is 20.0. The molecule has 0 bridgehead atoms. The molecule has 0 amide bonds. The van der Waals surface area contributed by atoms with Crippen molar-refractivity contribution < 1.29 is 9.13 Å². The van der Waals surface area contributed by atoms with Crippen LogP contribution in [0.2, 0.25) is 5.02 Å². The van der Waals surface area contributed by atoms with E-state index in [-0.39, 0.29) is 11.9 Å². The molecule has 0 radical (unpaired) electrons. The van der Waals surface area contributed by atoms with E-state index < -0.39 is 5.82 Å². The quantitative estimate of drug-likeness (QED) is 0.710. The van der Waals surface area contributed by atoms with Crippen LogP contribution in [-0.4, -0.2) is 6.10 Å². The predicted octanol–water partition coefficient (Wildman–Crippen LogP) is 5.35. The van der Waals surface area contributed by atoms with Gasteiger partial charge in [0.1, 0.15) is 0 Å². The first-order chi connectivity index (χ1) is 9.86. The third kappa shape index (κ3) is 4.02. The SMILES string of the molecule is CC(C)Oc1cc(Nc2ccc(Br)c(Cl)c2)c(N)cc1F. The van der Waals surface area contributed by atoms with Crippen molar-refractivity contribution >= 4 is 44.6 Å². The highest BCUT2D eigenvalue weighted by Gasteiger charge is 2.11. The zero-order valence-corrected chi connectivity index (χ0v) is 13.9. The molecule has 0 heterocycles. The fourth-order valence-electron chi connectivity index (χ4n) is 1.75. The summed E-state index contributed by atoms with van der Waals surface area (Å²) in [6.07, 6.45) is -0.127. The lowest BCUT2D eigenvalue weighted by Gasteiger charge is -2.15. The van der Waals surface area contributed by atoms with E-state index in [0.717, 1.165) is 10.2 Å². The summed E-state index contributed by atoms with van der Waals surface area (Å²) in [6.45, 7) is 3.66. The molecular weight excluding hydrogens is 359 g/mol. The summed E-state index contributed by atoms with van der Waals surface area (Å²) in [5, 5.41) is 3.67. The number of anilines is 3. The molecule has 2 rings (SSSR count). The van der Waals surface area contributed by atoms with Gasteiger partial charge in [0.15, 0.2) is 11.6 Å². The molecule has 0 aliphatic carbocycles. The minimum atomic E-state index is -0.486. The van der Waals surface area contributed by atoms with Crippen molar-refractivity contribution in [2.75, 3.05) is 11.1 Å². The van der Waals surface area contributed by atoms with Crippen molar-refractivity contribution in [1.82, 2.24) is 0 Å². The predicted molar refractivity (Wildman–Crippen MR) is 89.0 cm³/mol. The second-order valence-corrected chi connectivity index (χ2v) is 6.05. The number of nitrogens with one attached hydrogen (secondary N) is 1. The van der Waals surface area contributed by atoms with Gasteiger partial charge in [0.05, 0.1) is 22.5 Å². The molecule has 0 fully saturated rings. The molecule has 0 aliphatic rings. The molecule has 2 aromatic rings. The Morgan fingerprint density at radius 3 is 2.62 bits per heavy atom. The maximum Gasteiger partial charge on any atom is 0.167 e. The van der Waals surface area contributed by atoms with Crippen molar-refractivity contribution in [3.63, 3.8) is 0 Å². The van der Waals surface area contributed by atoms with Gasteiger partial charge < -0.3 is 15.8 Å². The number of ether oxygens (including phenoxy) is 1. The molecule has 2 aromatic carbocycles. The van der Waals surface area contributed by atoms with Gasteiger partial charge in [-0.3, -0.25) is 0 Å². The van der Waals surface area contributed by atoms with E-state index in [9.17, 15) is 4.39 Å². The van der Waals surface area contributed by atoms with E-state index in [0.29, 0.717) is 16.4 Å². The monoisotopic (exact) mass is 372 g/mol. The van der Waals surface area contributed by atoms with Gasteiger partial charge in [0, 0.05) is 22.3 Å². The molecule has 0 spiro atoms. The fourth-order valence-corrected chi connectivity index (χ4v) is 2.18. The summed E-state index contributed by atoms with van der Waals surface area (Å²) in [5.74, 6) is -0.328. The number of benzene rings is 2. The third-order valence-electron chi connectivity index (χ3n) is 2.67. The highest BCUT2D eigenvalue weighted by molar-refractivity contribution is 9.10. The van der Waals surface area contributed by atoms with Crippen LogP contribution in [0.15, 0.2) is 34.8 Å². The number of nitrogen functional groups attached to an aromatic ring is 1. The first-order valence-corrected chi connectivity index (χ1v) is 7.51. The Morgan fingerprint density at radius 2 is 2.00 bits per heavy atom. The second-order valence-electron chi connectivity index (χ2n) is 4.79. The van der Waals surface area contributed by atoms with Crippen molar-refractivity contribution in [2.45, 2.75) is 20.0 Å². The fraction of sp³-hybridized carbons (Fsp3) is 0.200. The Bertz CT molecular complexity index is 664. The van der Waals surface area contributed by atoms with Gasteiger partial charge in [-0.1, -0.05) is 11.6 Å². The first kappa shape index (κ1) is 15.9. The van der Waals surface area contributed by atoms with Crippen LogP contribution in [0.3, 0.4) is 0 Å². The molecule has 3 N–H and O–H groups in total. The molecule has 0 saturated heterocycles. The Kier molecular flexibility index (Phi) is 4.96. The summed E-state index contributed by atoms with van der Waals surface area (Å²) >= 11 is 9.37. The average molecular weight is 374 g/mol. The topological polar surface area (TPSA) is 47.3 Å². The minimum absolute atomic E-state index is 0.127. The summed E-state index contributed by atoms with van der Waals surface area (Å²) in [5.41, 5.74) is 7.44. The van der Waals surface area contributed by atoms with Crippen molar-refractivity contribution in [3.05, 3.63) is 45.6 Å². The van der Waals surface area contributed by atoms with E-state index >= 15 is 0 Å². The highest BCUT2D eigenvalue weighted by atomic mass is 79.9. The molecule has 0 saturated carbocycles. The van der Waals surface area contributed by atoms with Gasteiger partial charge in [-0.25, -0.2) is 4.39 Å². The van der Waals surface area contributed by atoms with Gasteiger partial charge in [0.2, 0.25) is 0 Å². The van der Waals surface area contributed by atoms with Crippen molar-refractivity contribution in [2.24, 2.45) is 0 Å². The normalized spacial score (nSPS) is 10.8. The number of hydrogen-bond acceptors (Lipinski definition) is 3. The van der Waals surface area contributed by atoms with E-state index in [1.54, 1.807) is 12.1 Å². The Balaban J connectivity index is 2.32. The summed E-state index contributed by atoms with van der Waals surface area (Å²) in [6, 6.07) is 8.18. The molecule has 21 heavy (non-hydrogen) atoms. The molecule has 0 atom stereocenters. The van der Waals surface area contributed by atoms with Crippen LogP contribution in [0.25, 0.3) is 0 Å². The molecule has 6 heteroatoms. The number of nitrogens with two attached hydrogens (primary N) is 1. The lowest BCUT2D eigenvalue weighted by molar-refractivity contribution is 0.231. The van der Waals surface area contributed by atoms with Crippen LogP contribution in [0.5, 0.6) is 5.75 Å². The molecule has 0 aliphatic heterocycles. The van der Waals surface area contributed by atoms with E-state index in [4.69, 9.17) is 22.1 Å². The maximum atomic E-state index is 13.8. The van der Waals surface area contributed by atoms with E-state index in [2.05, 4.69) is 21.2 Å². The molecule has 0 aromatic heterocycles. The van der Waals surface area contributed by atoms with Crippen LogP contribution < -0.4 is 15.8 Å². The van der Waals surface area contributed by atoms with Gasteiger partial charge in [0.25, 0.3) is 0 Å². The number of rotatable bonds is 4. The molecule has 0 unspecified atom stereocenters. The van der Waals surface area contributed by atoms with Crippen LogP contribution >= 0.6 is 27.5 Å². The van der Waals surface area contributed by atoms with Gasteiger partial charge >= 0.3 is 0 Å². The van der Waals surface area contributed by atoms with Crippen LogP contribution in [0, 0.1) is 5.82 Å². The number of halogens is 3. The van der Waals surface area contributed by atoms with Gasteiger partial charge in [-0.05, 0) is 48.0 Å². The largest absolute Gasteiger partial charge is 0.488 e. The minimum Gasteiger partial charge on any atom is -0.488 e. The zero-order valence-electron chi connectivity index (χ0n) is 11.6. The van der Waals surface area contributed by atoms with E-state index in [1.165, 1.54) is 6.07 Å².